The first kappa shape index (κ1) is 16.2. The number of halogens is 1. The largest absolute Gasteiger partial charge is 0.298 e. The van der Waals surface area contributed by atoms with Crippen molar-refractivity contribution >= 4 is 12.4 Å². The molecule has 0 aliphatic heterocycles. The summed E-state index contributed by atoms with van der Waals surface area (Å²) in [6.45, 7) is 2.85. The molecule has 1 atom stereocenters. The Hall–Kier alpha value is -1.82. The molecule has 2 nitrogen and oxygen atoms in total. The van der Waals surface area contributed by atoms with Gasteiger partial charge in [0.25, 0.3) is 0 Å². The molecule has 2 aromatic carbocycles. The standard InChI is InChI=1S/C17H18N2.ClH/c1-14-7-9-16(10-8-14)17(13-18)19-12-11-15-5-3-2-4-6-15;/h2-10,17,19H,11-12H2,1H3;1H. The number of aryl methyl sites for hydroxylation is 1. The van der Waals surface area contributed by atoms with E-state index in [4.69, 9.17) is 0 Å². The molecule has 1 N–H and O–H groups in total. The molecule has 0 fully saturated rings. The highest BCUT2D eigenvalue weighted by Gasteiger charge is 2.08. The SMILES string of the molecule is Cc1ccc(C(C#N)NCCc2ccccc2)cc1.Cl. The average Bonchev–Trinajstić information content (AvgIpc) is 2.46. The quantitative estimate of drug-likeness (QED) is 0.907. The van der Waals surface area contributed by atoms with Crippen LogP contribution in [0.15, 0.2) is 54.6 Å². The first-order chi connectivity index (χ1) is 9.29. The monoisotopic (exact) mass is 286 g/mol. The summed E-state index contributed by atoms with van der Waals surface area (Å²) < 4.78 is 0. The highest BCUT2D eigenvalue weighted by atomic mass is 35.5. The van der Waals surface area contributed by atoms with Gasteiger partial charge in [-0.1, -0.05) is 60.2 Å². The highest BCUT2D eigenvalue weighted by molar-refractivity contribution is 5.85. The molecule has 3 heteroatoms. The zero-order valence-electron chi connectivity index (χ0n) is 11.5. The maximum absolute atomic E-state index is 9.23. The summed E-state index contributed by atoms with van der Waals surface area (Å²) in [4.78, 5) is 0. The second kappa shape index (κ2) is 8.37. The van der Waals surface area contributed by atoms with Crippen molar-refractivity contribution in [3.63, 3.8) is 0 Å². The first-order valence-corrected chi connectivity index (χ1v) is 6.53. The lowest BCUT2D eigenvalue weighted by Gasteiger charge is -2.12. The van der Waals surface area contributed by atoms with E-state index >= 15 is 0 Å². The van der Waals surface area contributed by atoms with Crippen LogP contribution in [-0.2, 0) is 6.42 Å². The van der Waals surface area contributed by atoms with Gasteiger partial charge in [0.2, 0.25) is 0 Å². The molecule has 20 heavy (non-hydrogen) atoms. The minimum absolute atomic E-state index is 0. The van der Waals surface area contributed by atoms with Crippen molar-refractivity contribution in [2.75, 3.05) is 6.54 Å². The normalized spacial score (nSPS) is 11.2. The third-order valence-electron chi connectivity index (χ3n) is 3.14. The van der Waals surface area contributed by atoms with Crippen LogP contribution >= 0.6 is 12.4 Å². The minimum atomic E-state index is -0.232. The van der Waals surface area contributed by atoms with Gasteiger partial charge in [-0.3, -0.25) is 5.32 Å². The predicted octanol–water partition coefficient (Wildman–Crippen LogP) is 3.81. The molecule has 2 rings (SSSR count). The van der Waals surface area contributed by atoms with Gasteiger partial charge in [-0.05, 0) is 24.5 Å². The van der Waals surface area contributed by atoms with E-state index in [1.54, 1.807) is 0 Å². The Kier molecular flexibility index (Phi) is 6.79. The van der Waals surface area contributed by atoms with Crippen molar-refractivity contribution in [1.82, 2.24) is 5.32 Å². The number of nitrogens with one attached hydrogen (secondary N) is 1. The summed E-state index contributed by atoms with van der Waals surface area (Å²) in [6.07, 6.45) is 0.935. The molecule has 0 radical (unpaired) electrons. The van der Waals surface area contributed by atoms with Gasteiger partial charge in [0.15, 0.2) is 0 Å². The number of hydrogen-bond donors (Lipinski definition) is 1. The maximum atomic E-state index is 9.23. The fourth-order valence-corrected chi connectivity index (χ4v) is 2.00. The molecule has 0 saturated carbocycles. The van der Waals surface area contributed by atoms with E-state index in [9.17, 15) is 5.26 Å². The summed E-state index contributed by atoms with van der Waals surface area (Å²) in [5.74, 6) is 0. The van der Waals surface area contributed by atoms with E-state index < -0.39 is 0 Å². The van der Waals surface area contributed by atoms with Crippen LogP contribution in [-0.4, -0.2) is 6.54 Å². The van der Waals surface area contributed by atoms with Crippen molar-refractivity contribution in [1.29, 1.82) is 5.26 Å². The van der Waals surface area contributed by atoms with E-state index in [0.717, 1.165) is 18.5 Å². The Labute approximate surface area is 126 Å². The molecule has 0 aliphatic rings. The summed E-state index contributed by atoms with van der Waals surface area (Å²) in [7, 11) is 0. The van der Waals surface area contributed by atoms with Crippen LogP contribution in [0.25, 0.3) is 0 Å². The lowest BCUT2D eigenvalue weighted by atomic mass is 10.1. The third-order valence-corrected chi connectivity index (χ3v) is 3.14. The topological polar surface area (TPSA) is 35.8 Å². The van der Waals surface area contributed by atoms with Gasteiger partial charge in [0.1, 0.15) is 6.04 Å². The molecular formula is C17H19ClN2. The molecule has 0 aromatic heterocycles. The van der Waals surface area contributed by atoms with Crippen LogP contribution < -0.4 is 5.32 Å². The molecule has 2 aromatic rings. The molecule has 0 spiro atoms. The fourth-order valence-electron chi connectivity index (χ4n) is 2.00. The predicted molar refractivity (Wildman–Crippen MR) is 84.9 cm³/mol. The number of hydrogen-bond acceptors (Lipinski definition) is 2. The van der Waals surface area contributed by atoms with Gasteiger partial charge in [-0.25, -0.2) is 0 Å². The summed E-state index contributed by atoms with van der Waals surface area (Å²) in [6, 6.07) is 20.5. The number of rotatable bonds is 5. The minimum Gasteiger partial charge on any atom is -0.298 e. The Bertz CT molecular complexity index is 543. The second-order valence-corrected chi connectivity index (χ2v) is 4.66. The molecule has 0 saturated heterocycles. The Balaban J connectivity index is 0.00000200. The van der Waals surface area contributed by atoms with E-state index in [2.05, 4.69) is 23.5 Å². The second-order valence-electron chi connectivity index (χ2n) is 4.66. The van der Waals surface area contributed by atoms with Gasteiger partial charge in [0.05, 0.1) is 6.07 Å². The van der Waals surface area contributed by atoms with Gasteiger partial charge >= 0.3 is 0 Å². The lowest BCUT2D eigenvalue weighted by molar-refractivity contribution is 0.629. The zero-order valence-corrected chi connectivity index (χ0v) is 12.4. The average molecular weight is 287 g/mol. The number of nitrogens with zero attached hydrogens (tertiary/aromatic N) is 1. The lowest BCUT2D eigenvalue weighted by Crippen LogP contribution is -2.22. The van der Waals surface area contributed by atoms with Crippen LogP contribution in [0.3, 0.4) is 0 Å². The Morgan fingerprint density at radius 3 is 2.30 bits per heavy atom. The van der Waals surface area contributed by atoms with Crippen molar-refractivity contribution in [2.24, 2.45) is 0 Å². The first-order valence-electron chi connectivity index (χ1n) is 6.53. The smallest absolute Gasteiger partial charge is 0.121 e. The van der Waals surface area contributed by atoms with Crippen molar-refractivity contribution < 1.29 is 0 Å². The van der Waals surface area contributed by atoms with Crippen LogP contribution in [0.4, 0.5) is 0 Å². The third kappa shape index (κ3) is 4.70. The number of nitriles is 1. The van der Waals surface area contributed by atoms with E-state index in [-0.39, 0.29) is 18.4 Å². The summed E-state index contributed by atoms with van der Waals surface area (Å²) >= 11 is 0. The molecule has 0 heterocycles. The van der Waals surface area contributed by atoms with Crippen LogP contribution in [0.5, 0.6) is 0 Å². The number of benzene rings is 2. The van der Waals surface area contributed by atoms with Crippen molar-refractivity contribution in [3.8, 4) is 6.07 Å². The van der Waals surface area contributed by atoms with Crippen molar-refractivity contribution in [2.45, 2.75) is 19.4 Å². The van der Waals surface area contributed by atoms with E-state index in [1.807, 2.05) is 49.4 Å². The van der Waals surface area contributed by atoms with Gasteiger partial charge in [-0.2, -0.15) is 5.26 Å². The van der Waals surface area contributed by atoms with Crippen LogP contribution in [0.1, 0.15) is 22.7 Å². The van der Waals surface area contributed by atoms with E-state index in [1.165, 1.54) is 11.1 Å². The molecule has 0 aliphatic carbocycles. The van der Waals surface area contributed by atoms with Crippen LogP contribution in [0, 0.1) is 18.3 Å². The van der Waals surface area contributed by atoms with Crippen LogP contribution in [0.2, 0.25) is 0 Å². The molecule has 1 unspecified atom stereocenters. The Morgan fingerprint density at radius 1 is 1.05 bits per heavy atom. The fraction of sp³-hybridized carbons (Fsp3) is 0.235. The molecular weight excluding hydrogens is 268 g/mol. The molecule has 104 valence electrons. The Morgan fingerprint density at radius 2 is 1.70 bits per heavy atom. The van der Waals surface area contributed by atoms with Gasteiger partial charge < -0.3 is 0 Å². The maximum Gasteiger partial charge on any atom is 0.121 e. The molecule has 0 bridgehead atoms. The summed E-state index contributed by atoms with van der Waals surface area (Å²) in [5.41, 5.74) is 3.53. The van der Waals surface area contributed by atoms with E-state index in [0.29, 0.717) is 0 Å². The van der Waals surface area contributed by atoms with Gasteiger partial charge in [-0.15, -0.1) is 12.4 Å². The highest BCUT2D eigenvalue weighted by Crippen LogP contribution is 2.13. The zero-order chi connectivity index (χ0) is 13.5. The summed E-state index contributed by atoms with van der Waals surface area (Å²) in [5, 5.41) is 12.5. The molecule has 0 amide bonds. The van der Waals surface area contributed by atoms with Gasteiger partial charge in [0, 0.05) is 6.54 Å². The van der Waals surface area contributed by atoms with Crippen molar-refractivity contribution in [3.05, 3.63) is 71.3 Å².